The van der Waals surface area contributed by atoms with Gasteiger partial charge in [0.25, 0.3) is 5.69 Å². The highest BCUT2D eigenvalue weighted by Gasteiger charge is 2.20. The van der Waals surface area contributed by atoms with Gasteiger partial charge in [0, 0.05) is 25.2 Å². The van der Waals surface area contributed by atoms with Gasteiger partial charge in [-0.25, -0.2) is 0 Å². The lowest BCUT2D eigenvalue weighted by Gasteiger charge is -2.13. The molecule has 0 amide bonds. The Labute approximate surface area is 114 Å². The van der Waals surface area contributed by atoms with Crippen LogP contribution in [-0.4, -0.2) is 36.0 Å². The van der Waals surface area contributed by atoms with Crippen LogP contribution in [0.25, 0.3) is 0 Å². The summed E-state index contributed by atoms with van der Waals surface area (Å²) in [4.78, 5) is 12.7. The molecule has 1 N–H and O–H groups in total. The second-order valence-electron chi connectivity index (χ2n) is 4.64. The molecule has 1 atom stereocenters. The van der Waals surface area contributed by atoms with Crippen LogP contribution in [0.5, 0.6) is 0 Å². The Morgan fingerprint density at radius 2 is 2.39 bits per heavy atom. The zero-order chi connectivity index (χ0) is 13.1. The van der Waals surface area contributed by atoms with E-state index in [0.29, 0.717) is 17.1 Å². The second kappa shape index (κ2) is 5.77. The Morgan fingerprint density at radius 3 is 3.00 bits per heavy atom. The van der Waals surface area contributed by atoms with Crippen molar-refractivity contribution in [2.24, 2.45) is 0 Å². The molecule has 1 aliphatic rings. The van der Waals surface area contributed by atoms with Crippen LogP contribution in [0.15, 0.2) is 22.7 Å². The maximum absolute atomic E-state index is 10.8. The van der Waals surface area contributed by atoms with Crippen LogP contribution in [0.3, 0.4) is 0 Å². The van der Waals surface area contributed by atoms with Gasteiger partial charge in [-0.2, -0.15) is 0 Å². The lowest BCUT2D eigenvalue weighted by Crippen LogP contribution is -2.31. The highest BCUT2D eigenvalue weighted by atomic mass is 79.9. The Bertz CT molecular complexity index is 453. The van der Waals surface area contributed by atoms with Gasteiger partial charge in [-0.05, 0) is 41.5 Å². The molecule has 6 heteroatoms. The van der Waals surface area contributed by atoms with E-state index in [4.69, 9.17) is 0 Å². The van der Waals surface area contributed by atoms with Gasteiger partial charge in [0.1, 0.15) is 0 Å². The van der Waals surface area contributed by atoms with Crippen LogP contribution in [0, 0.1) is 10.1 Å². The molecule has 0 radical (unpaired) electrons. The maximum Gasteiger partial charge on any atom is 0.283 e. The lowest BCUT2D eigenvalue weighted by atomic mass is 10.2. The number of nitro benzene ring substituents is 1. The minimum absolute atomic E-state index is 0.123. The molecule has 2 rings (SSSR count). The van der Waals surface area contributed by atoms with E-state index < -0.39 is 0 Å². The normalized spacial score (nSPS) is 20.2. The number of hydrogen-bond donors (Lipinski definition) is 1. The molecule has 0 saturated carbocycles. The molecule has 98 valence electrons. The molecule has 5 nitrogen and oxygen atoms in total. The van der Waals surface area contributed by atoms with Crippen LogP contribution in [0.4, 0.5) is 5.69 Å². The molecular weight excluding hydrogens is 298 g/mol. The van der Waals surface area contributed by atoms with Crippen molar-refractivity contribution in [3.63, 3.8) is 0 Å². The maximum atomic E-state index is 10.8. The fourth-order valence-corrected chi connectivity index (χ4v) is 2.75. The molecule has 0 spiro atoms. The molecule has 1 unspecified atom stereocenters. The van der Waals surface area contributed by atoms with Crippen LogP contribution in [-0.2, 0) is 6.54 Å². The van der Waals surface area contributed by atoms with Gasteiger partial charge in [-0.3, -0.25) is 10.1 Å². The fraction of sp³-hybridized carbons (Fsp3) is 0.500. The summed E-state index contributed by atoms with van der Waals surface area (Å²) in [5, 5.41) is 14.3. The summed E-state index contributed by atoms with van der Waals surface area (Å²) in [6, 6.07) is 5.61. The van der Waals surface area contributed by atoms with Crippen molar-refractivity contribution in [3.05, 3.63) is 38.3 Å². The third-order valence-electron chi connectivity index (χ3n) is 3.23. The van der Waals surface area contributed by atoms with Crippen LogP contribution in [0.1, 0.15) is 12.0 Å². The SMILES string of the molecule is CN1CCC(NCc2cccc([N+](=O)[O-])c2Br)C1. The van der Waals surface area contributed by atoms with Gasteiger partial charge in [0.2, 0.25) is 0 Å². The van der Waals surface area contributed by atoms with Gasteiger partial charge >= 0.3 is 0 Å². The lowest BCUT2D eigenvalue weighted by molar-refractivity contribution is -0.385. The average molecular weight is 314 g/mol. The molecule has 1 saturated heterocycles. The standard InChI is InChI=1S/C12H16BrN3O2/c1-15-6-5-10(8-15)14-7-9-3-2-4-11(12(9)13)16(17)18/h2-4,10,14H,5-8H2,1H3. The van der Waals surface area contributed by atoms with Crippen molar-refractivity contribution < 1.29 is 4.92 Å². The average Bonchev–Trinajstić information content (AvgIpc) is 2.73. The first-order chi connectivity index (χ1) is 8.58. The summed E-state index contributed by atoms with van der Waals surface area (Å²) in [5.41, 5.74) is 1.05. The fourth-order valence-electron chi connectivity index (χ4n) is 2.20. The Morgan fingerprint density at radius 1 is 1.61 bits per heavy atom. The number of nitro groups is 1. The number of likely N-dealkylation sites (tertiary alicyclic amines) is 1. The number of hydrogen-bond acceptors (Lipinski definition) is 4. The largest absolute Gasteiger partial charge is 0.309 e. The van der Waals surface area contributed by atoms with Crippen molar-refractivity contribution in [3.8, 4) is 0 Å². The minimum atomic E-state index is -0.364. The van der Waals surface area contributed by atoms with Crippen molar-refractivity contribution in [2.75, 3.05) is 20.1 Å². The van der Waals surface area contributed by atoms with Gasteiger partial charge in [0.15, 0.2) is 0 Å². The highest BCUT2D eigenvalue weighted by Crippen LogP contribution is 2.28. The third kappa shape index (κ3) is 3.07. The number of likely N-dealkylation sites (N-methyl/N-ethyl adjacent to an activating group) is 1. The quantitative estimate of drug-likeness (QED) is 0.683. The highest BCUT2D eigenvalue weighted by molar-refractivity contribution is 9.10. The molecule has 0 aliphatic carbocycles. The van der Waals surface area contributed by atoms with E-state index in [1.165, 1.54) is 6.07 Å². The molecule has 0 aromatic heterocycles. The van der Waals surface area contributed by atoms with Crippen LogP contribution < -0.4 is 5.32 Å². The molecule has 1 aliphatic heterocycles. The minimum Gasteiger partial charge on any atom is -0.309 e. The zero-order valence-electron chi connectivity index (χ0n) is 10.2. The van der Waals surface area contributed by atoms with E-state index in [2.05, 4.69) is 33.2 Å². The number of benzene rings is 1. The first-order valence-corrected chi connectivity index (χ1v) is 6.71. The predicted molar refractivity (Wildman–Crippen MR) is 73.5 cm³/mol. The predicted octanol–water partition coefficient (Wildman–Crippen LogP) is 2.15. The summed E-state index contributed by atoms with van der Waals surface area (Å²) in [6.45, 7) is 2.79. The molecule has 18 heavy (non-hydrogen) atoms. The molecule has 1 aromatic rings. The van der Waals surface area contributed by atoms with Gasteiger partial charge in [0.05, 0.1) is 9.40 Å². The first-order valence-electron chi connectivity index (χ1n) is 5.91. The smallest absolute Gasteiger partial charge is 0.283 e. The van der Waals surface area contributed by atoms with Crippen molar-refractivity contribution >= 4 is 21.6 Å². The zero-order valence-corrected chi connectivity index (χ0v) is 11.8. The van der Waals surface area contributed by atoms with Crippen molar-refractivity contribution in [2.45, 2.75) is 19.0 Å². The van der Waals surface area contributed by atoms with E-state index in [-0.39, 0.29) is 10.6 Å². The van der Waals surface area contributed by atoms with E-state index in [0.717, 1.165) is 25.1 Å². The number of rotatable bonds is 4. The van der Waals surface area contributed by atoms with Crippen molar-refractivity contribution in [1.82, 2.24) is 10.2 Å². The summed E-state index contributed by atoms with van der Waals surface area (Å²) >= 11 is 3.31. The molecule has 1 fully saturated rings. The summed E-state index contributed by atoms with van der Waals surface area (Å²) in [6.07, 6.45) is 1.13. The second-order valence-corrected chi connectivity index (χ2v) is 5.43. The number of nitrogens with one attached hydrogen (secondary N) is 1. The van der Waals surface area contributed by atoms with Gasteiger partial charge in [-0.1, -0.05) is 12.1 Å². The third-order valence-corrected chi connectivity index (χ3v) is 4.14. The summed E-state index contributed by atoms with van der Waals surface area (Å²) < 4.78 is 0.578. The first kappa shape index (κ1) is 13.5. The van der Waals surface area contributed by atoms with E-state index in [1.54, 1.807) is 6.07 Å². The summed E-state index contributed by atoms with van der Waals surface area (Å²) in [7, 11) is 2.10. The Balaban J connectivity index is 2.01. The van der Waals surface area contributed by atoms with E-state index >= 15 is 0 Å². The topological polar surface area (TPSA) is 58.4 Å². The van der Waals surface area contributed by atoms with Gasteiger partial charge < -0.3 is 10.2 Å². The Kier molecular flexibility index (Phi) is 4.31. The number of nitrogens with zero attached hydrogens (tertiary/aromatic N) is 2. The molecule has 1 heterocycles. The van der Waals surface area contributed by atoms with E-state index in [9.17, 15) is 10.1 Å². The summed E-state index contributed by atoms with van der Waals surface area (Å²) in [5.74, 6) is 0. The molecule has 0 bridgehead atoms. The van der Waals surface area contributed by atoms with E-state index in [1.807, 2.05) is 6.07 Å². The van der Waals surface area contributed by atoms with Crippen molar-refractivity contribution in [1.29, 1.82) is 0 Å². The monoisotopic (exact) mass is 313 g/mol. The molecular formula is C12H16BrN3O2. The van der Waals surface area contributed by atoms with Crippen LogP contribution in [0.2, 0.25) is 0 Å². The van der Waals surface area contributed by atoms with Crippen LogP contribution >= 0.6 is 15.9 Å². The number of halogens is 1. The van der Waals surface area contributed by atoms with Gasteiger partial charge in [-0.15, -0.1) is 0 Å². The molecule has 1 aromatic carbocycles. The Hall–Kier alpha value is -0.980.